The van der Waals surface area contributed by atoms with Crippen LogP contribution in [0.1, 0.15) is 37.6 Å². The van der Waals surface area contributed by atoms with Crippen molar-refractivity contribution in [3.63, 3.8) is 0 Å². The van der Waals surface area contributed by atoms with Gasteiger partial charge >= 0.3 is 5.97 Å². The lowest BCUT2D eigenvalue weighted by Gasteiger charge is -2.26. The number of allylic oxidation sites excluding steroid dienone is 1. The van der Waals surface area contributed by atoms with Crippen LogP contribution in [0.4, 0.5) is 5.69 Å². The second kappa shape index (κ2) is 13.0. The van der Waals surface area contributed by atoms with Crippen LogP contribution in [-0.4, -0.2) is 42.4 Å². The molecule has 0 saturated carbocycles. The number of para-hydroxylation sites is 1. The van der Waals surface area contributed by atoms with Gasteiger partial charge in [0.2, 0.25) is 0 Å². The quantitative estimate of drug-likeness (QED) is 0.107. The van der Waals surface area contributed by atoms with Gasteiger partial charge in [-0.2, -0.15) is 0 Å². The van der Waals surface area contributed by atoms with E-state index in [1.807, 2.05) is 31.2 Å². The van der Waals surface area contributed by atoms with Gasteiger partial charge in [0, 0.05) is 36.4 Å². The molecule has 1 aliphatic heterocycles. The van der Waals surface area contributed by atoms with E-state index in [0.717, 1.165) is 6.42 Å². The van der Waals surface area contributed by atoms with Crippen molar-refractivity contribution in [1.82, 2.24) is 4.57 Å². The van der Waals surface area contributed by atoms with Crippen molar-refractivity contribution >= 4 is 29.1 Å². The van der Waals surface area contributed by atoms with Gasteiger partial charge in [-0.3, -0.25) is 19.5 Å². The molecule has 5 rings (SSSR count). The second-order valence-electron chi connectivity index (χ2n) is 9.60. The number of rotatable bonds is 11. The first-order chi connectivity index (χ1) is 20.8. The Balaban J connectivity index is 1.59. The topological polar surface area (TPSA) is 135 Å². The number of esters is 1. The van der Waals surface area contributed by atoms with Crippen molar-refractivity contribution in [3.8, 4) is 17.1 Å². The Kier molecular flexibility index (Phi) is 8.98. The molecule has 0 unspecified atom stereocenters. The molecule has 1 aliphatic rings. The number of methoxy groups -OCH3 is 1. The fraction of sp³-hybridized carbons (Fsp3) is 0.258. The van der Waals surface area contributed by atoms with E-state index in [9.17, 15) is 19.7 Å². The summed E-state index contributed by atoms with van der Waals surface area (Å²) in [4.78, 5) is 42.9. The molecule has 0 N–H and O–H groups in total. The molecule has 0 fully saturated rings. The zero-order chi connectivity index (χ0) is 30.5. The number of carbonyl (C=O) groups excluding carboxylic acids is 1. The van der Waals surface area contributed by atoms with E-state index in [1.165, 1.54) is 35.1 Å². The third-order valence-corrected chi connectivity index (χ3v) is 7.68. The lowest BCUT2D eigenvalue weighted by Crippen LogP contribution is -2.40. The summed E-state index contributed by atoms with van der Waals surface area (Å²) < 4.78 is 24.3. The average molecular weight is 604 g/mol. The number of aromatic nitrogens is 1. The Morgan fingerprint density at radius 2 is 1.88 bits per heavy atom. The number of nitro groups is 1. The number of non-ortho nitro benzene ring substituents is 1. The molecule has 2 aromatic carbocycles. The molecule has 0 saturated heterocycles. The minimum atomic E-state index is -0.839. The molecule has 43 heavy (non-hydrogen) atoms. The molecule has 0 radical (unpaired) electrons. The molecule has 4 aromatic rings. The highest BCUT2D eigenvalue weighted by Crippen LogP contribution is 2.36. The third-order valence-electron chi connectivity index (χ3n) is 6.70. The van der Waals surface area contributed by atoms with Crippen LogP contribution in [0.5, 0.6) is 5.75 Å². The molecular weight excluding hydrogens is 574 g/mol. The van der Waals surface area contributed by atoms with Crippen LogP contribution in [0, 0.1) is 10.1 Å². The SMILES string of the molecule is CCCOc1ccccc1[C@@H]1C(C(=O)OCCOC)=C(C)N=c2s/c(=C/c3ccc(-c4ccc([N+](=O)[O-])cc4)o3)c(=O)n21. The van der Waals surface area contributed by atoms with E-state index in [1.54, 1.807) is 37.3 Å². The summed E-state index contributed by atoms with van der Waals surface area (Å²) in [7, 11) is 1.52. The maximum atomic E-state index is 14.0. The summed E-state index contributed by atoms with van der Waals surface area (Å²) in [6.07, 6.45) is 2.40. The van der Waals surface area contributed by atoms with Crippen LogP contribution < -0.4 is 19.6 Å². The smallest absolute Gasteiger partial charge is 0.338 e. The zero-order valence-electron chi connectivity index (χ0n) is 23.8. The first-order valence-electron chi connectivity index (χ1n) is 13.6. The van der Waals surface area contributed by atoms with Crippen molar-refractivity contribution < 1.29 is 28.3 Å². The van der Waals surface area contributed by atoms with Crippen molar-refractivity contribution in [2.75, 3.05) is 26.9 Å². The molecule has 0 aliphatic carbocycles. The Hall–Kier alpha value is -4.81. The van der Waals surface area contributed by atoms with Crippen LogP contribution in [0.2, 0.25) is 0 Å². The minimum absolute atomic E-state index is 0.0231. The fourth-order valence-electron chi connectivity index (χ4n) is 4.68. The van der Waals surface area contributed by atoms with Gasteiger partial charge in [-0.25, -0.2) is 9.79 Å². The first-order valence-corrected chi connectivity index (χ1v) is 14.4. The largest absolute Gasteiger partial charge is 0.493 e. The normalized spacial score (nSPS) is 14.8. The van der Waals surface area contributed by atoms with Gasteiger partial charge in [-0.05, 0) is 43.7 Å². The van der Waals surface area contributed by atoms with Gasteiger partial charge in [-0.15, -0.1) is 0 Å². The minimum Gasteiger partial charge on any atom is -0.493 e. The van der Waals surface area contributed by atoms with Gasteiger partial charge in [0.25, 0.3) is 11.2 Å². The lowest BCUT2D eigenvalue weighted by atomic mass is 9.95. The number of thiazole rings is 1. The number of hydrogen-bond acceptors (Lipinski definition) is 10. The predicted octanol–water partition coefficient (Wildman–Crippen LogP) is 4.38. The van der Waals surface area contributed by atoms with Gasteiger partial charge in [0.15, 0.2) is 4.80 Å². The van der Waals surface area contributed by atoms with Crippen LogP contribution in [-0.2, 0) is 14.3 Å². The monoisotopic (exact) mass is 603 g/mol. The van der Waals surface area contributed by atoms with Gasteiger partial charge in [0.05, 0.1) is 33.9 Å². The maximum Gasteiger partial charge on any atom is 0.338 e. The molecule has 0 spiro atoms. The van der Waals surface area contributed by atoms with Crippen molar-refractivity contribution in [1.29, 1.82) is 0 Å². The van der Waals surface area contributed by atoms with E-state index in [2.05, 4.69) is 4.99 Å². The van der Waals surface area contributed by atoms with Gasteiger partial charge in [0.1, 0.15) is 29.9 Å². The first kappa shape index (κ1) is 29.7. The van der Waals surface area contributed by atoms with E-state index in [-0.39, 0.29) is 30.0 Å². The molecular formula is C31H29N3O8S. The van der Waals surface area contributed by atoms with Crippen LogP contribution in [0.15, 0.2) is 86.1 Å². The summed E-state index contributed by atoms with van der Waals surface area (Å²) >= 11 is 1.17. The molecule has 1 atom stereocenters. The molecule has 2 aromatic heterocycles. The lowest BCUT2D eigenvalue weighted by molar-refractivity contribution is -0.384. The fourth-order valence-corrected chi connectivity index (χ4v) is 5.71. The maximum absolute atomic E-state index is 14.0. The summed E-state index contributed by atoms with van der Waals surface area (Å²) in [6.45, 7) is 4.45. The predicted molar refractivity (Wildman–Crippen MR) is 160 cm³/mol. The van der Waals surface area contributed by atoms with Crippen molar-refractivity contribution in [2.24, 2.45) is 4.99 Å². The van der Waals surface area contributed by atoms with E-state index in [0.29, 0.717) is 50.0 Å². The summed E-state index contributed by atoms with van der Waals surface area (Å²) in [5.74, 6) is 0.865. The molecule has 12 heteroatoms. The standard InChI is InChI=1S/C31H29N3O8S/c1-4-15-40-25-8-6-5-7-23(25)28-27(30(36)41-17-16-39-3)19(2)32-31-33(28)29(35)26(43-31)18-22-13-14-24(42-22)20-9-11-21(12-10-20)34(37)38/h5-14,18,28H,4,15-17H2,1-3H3/b26-18+/t28-/m1/s1. The van der Waals surface area contributed by atoms with E-state index >= 15 is 0 Å². The number of benzene rings is 2. The number of hydrogen-bond donors (Lipinski definition) is 0. The van der Waals surface area contributed by atoms with E-state index in [4.69, 9.17) is 18.6 Å². The van der Waals surface area contributed by atoms with Crippen LogP contribution in [0.25, 0.3) is 17.4 Å². The number of furan rings is 1. The Labute approximate surface area is 250 Å². The highest BCUT2D eigenvalue weighted by Gasteiger charge is 2.35. The molecule has 222 valence electrons. The van der Waals surface area contributed by atoms with Crippen LogP contribution in [0.3, 0.4) is 0 Å². The van der Waals surface area contributed by atoms with Crippen molar-refractivity contribution in [2.45, 2.75) is 26.3 Å². The summed E-state index contributed by atoms with van der Waals surface area (Å²) in [6, 6.07) is 15.9. The van der Waals surface area contributed by atoms with Crippen LogP contribution >= 0.6 is 11.3 Å². The van der Waals surface area contributed by atoms with Gasteiger partial charge in [-0.1, -0.05) is 36.5 Å². The third kappa shape index (κ3) is 6.20. The highest BCUT2D eigenvalue weighted by atomic mass is 32.1. The van der Waals surface area contributed by atoms with Crippen molar-refractivity contribution in [3.05, 3.63) is 113 Å². The number of fused-ring (bicyclic) bond motifs is 1. The number of nitro benzene ring substituents is 1. The summed E-state index contributed by atoms with van der Waals surface area (Å²) in [5.41, 5.74) is 1.58. The molecule has 3 heterocycles. The summed E-state index contributed by atoms with van der Waals surface area (Å²) in [5, 5.41) is 11.0. The number of nitrogens with zero attached hydrogens (tertiary/aromatic N) is 3. The molecule has 0 amide bonds. The molecule has 0 bridgehead atoms. The van der Waals surface area contributed by atoms with Gasteiger partial charge < -0.3 is 18.6 Å². The molecule has 11 nitrogen and oxygen atoms in total. The average Bonchev–Trinajstić information content (AvgIpc) is 3.59. The second-order valence-corrected chi connectivity index (χ2v) is 10.6. The van der Waals surface area contributed by atoms with E-state index < -0.39 is 16.9 Å². The Morgan fingerprint density at radius 3 is 2.60 bits per heavy atom. The zero-order valence-corrected chi connectivity index (χ0v) is 24.6. The highest BCUT2D eigenvalue weighted by molar-refractivity contribution is 7.07. The number of ether oxygens (including phenoxy) is 3. The Morgan fingerprint density at radius 1 is 1.12 bits per heavy atom. The number of carbonyl (C=O) groups is 1. The Bertz CT molecular complexity index is 1870.